The van der Waals surface area contributed by atoms with Gasteiger partial charge in [-0.1, -0.05) is 43.0 Å². The van der Waals surface area contributed by atoms with Crippen LogP contribution in [0.4, 0.5) is 5.69 Å². The Hall–Kier alpha value is -5.63. The minimum absolute atomic E-state index is 0.704. The van der Waals surface area contributed by atoms with Crippen LogP contribution in [0, 0.1) is 0 Å². The van der Waals surface area contributed by atoms with Crippen molar-refractivity contribution in [3.8, 4) is 33.9 Å². The van der Waals surface area contributed by atoms with E-state index in [0.717, 1.165) is 67.1 Å². The molecule has 0 unspecified atom stereocenters. The second-order valence-electron chi connectivity index (χ2n) is 9.14. The third kappa shape index (κ3) is 4.19. The number of nitrogens with one attached hydrogen (secondary N) is 3. The molecule has 0 aliphatic rings. The molecule has 0 saturated heterocycles. The second-order valence-corrected chi connectivity index (χ2v) is 9.14. The Kier molecular flexibility index (Phi) is 5.41. The minimum Gasteiger partial charge on any atom is -0.354 e. The topological polar surface area (TPSA) is 108 Å². The highest BCUT2D eigenvalue weighted by Crippen LogP contribution is 2.33. The van der Waals surface area contributed by atoms with Crippen LogP contribution in [-0.2, 0) is 0 Å². The number of nitrogens with zero attached hydrogens (tertiary/aromatic N) is 5. The Bertz CT molecular complexity index is 1960. The van der Waals surface area contributed by atoms with Crippen molar-refractivity contribution in [1.29, 1.82) is 0 Å². The van der Waals surface area contributed by atoms with Crippen molar-refractivity contribution in [1.82, 2.24) is 35.1 Å². The number of aromatic nitrogens is 7. The van der Waals surface area contributed by atoms with Crippen molar-refractivity contribution in [2.24, 2.45) is 0 Å². The van der Waals surface area contributed by atoms with Crippen molar-refractivity contribution < 1.29 is 0 Å². The maximum Gasteiger partial charge on any atom is 0.155 e. The molecule has 0 saturated carbocycles. The predicted molar refractivity (Wildman–Crippen MR) is 155 cm³/mol. The van der Waals surface area contributed by atoms with Crippen LogP contribution in [0.1, 0.15) is 5.56 Å². The smallest absolute Gasteiger partial charge is 0.155 e. The summed E-state index contributed by atoms with van der Waals surface area (Å²) >= 11 is 0. The summed E-state index contributed by atoms with van der Waals surface area (Å²) in [5, 5.41) is 12.9. The average Bonchev–Trinajstić information content (AvgIpc) is 3.62. The van der Waals surface area contributed by atoms with E-state index in [1.807, 2.05) is 73.1 Å². The Balaban J connectivity index is 1.25. The highest BCUT2D eigenvalue weighted by molar-refractivity contribution is 5.99. The molecule has 6 aromatic heterocycles. The zero-order valence-corrected chi connectivity index (χ0v) is 20.8. The van der Waals surface area contributed by atoms with Gasteiger partial charge in [-0.05, 0) is 42.0 Å². The second kappa shape index (κ2) is 9.35. The highest BCUT2D eigenvalue weighted by atomic mass is 15.2. The van der Waals surface area contributed by atoms with E-state index in [1.54, 1.807) is 18.6 Å². The zero-order chi connectivity index (χ0) is 26.2. The molecule has 1 aromatic carbocycles. The summed E-state index contributed by atoms with van der Waals surface area (Å²) in [7, 11) is 0. The Morgan fingerprint density at radius 2 is 1.62 bits per heavy atom. The molecule has 0 fully saturated rings. The van der Waals surface area contributed by atoms with E-state index in [0.29, 0.717) is 5.65 Å². The first kappa shape index (κ1) is 22.6. The van der Waals surface area contributed by atoms with Crippen molar-refractivity contribution in [3.63, 3.8) is 0 Å². The molecule has 0 bridgehead atoms. The SMILES string of the molecule is C=C(Nc1cncc(-c2cnc3[nH]nc(-c4cc5c(-c6ccccn6)nccc5[nH]4)c3c2)c1)c1ccccc1. The molecule has 0 amide bonds. The summed E-state index contributed by atoms with van der Waals surface area (Å²) < 4.78 is 0. The zero-order valence-electron chi connectivity index (χ0n) is 20.8. The number of hydrogen-bond donors (Lipinski definition) is 3. The Labute approximate surface area is 223 Å². The lowest BCUT2D eigenvalue weighted by molar-refractivity contribution is 1.10. The Morgan fingerprint density at radius 3 is 2.49 bits per heavy atom. The first-order chi connectivity index (χ1) is 19.2. The number of anilines is 1. The lowest BCUT2D eigenvalue weighted by atomic mass is 10.1. The van der Waals surface area contributed by atoms with Gasteiger partial charge in [-0.3, -0.25) is 20.1 Å². The fourth-order valence-electron chi connectivity index (χ4n) is 4.71. The van der Waals surface area contributed by atoms with Gasteiger partial charge >= 0.3 is 0 Å². The molecular formula is C31H22N8. The van der Waals surface area contributed by atoms with Gasteiger partial charge in [-0.25, -0.2) is 4.98 Å². The van der Waals surface area contributed by atoms with Crippen molar-refractivity contribution >= 4 is 33.3 Å². The third-order valence-electron chi connectivity index (χ3n) is 6.62. The number of H-pyrrole nitrogens is 2. The lowest BCUT2D eigenvalue weighted by Crippen LogP contribution is -1.98. The van der Waals surface area contributed by atoms with Crippen molar-refractivity contribution in [2.75, 3.05) is 5.32 Å². The van der Waals surface area contributed by atoms with Gasteiger partial charge in [0.05, 0.1) is 29.0 Å². The van der Waals surface area contributed by atoms with Crippen molar-refractivity contribution in [3.05, 3.63) is 116 Å². The van der Waals surface area contributed by atoms with Crippen molar-refractivity contribution in [2.45, 2.75) is 0 Å². The molecular weight excluding hydrogens is 484 g/mol. The molecule has 0 aliphatic carbocycles. The summed E-state index contributed by atoms with van der Waals surface area (Å²) in [4.78, 5) is 21.7. The van der Waals surface area contributed by atoms with Gasteiger partial charge in [0.2, 0.25) is 0 Å². The van der Waals surface area contributed by atoms with Crippen LogP contribution in [-0.4, -0.2) is 35.1 Å². The molecule has 0 atom stereocenters. The maximum atomic E-state index is 4.64. The fraction of sp³-hybridized carbons (Fsp3) is 0. The van der Waals surface area contributed by atoms with Gasteiger partial charge in [0.1, 0.15) is 5.69 Å². The molecule has 6 heterocycles. The quantitative estimate of drug-likeness (QED) is 0.231. The van der Waals surface area contributed by atoms with Gasteiger partial charge in [0.15, 0.2) is 5.65 Å². The van der Waals surface area contributed by atoms with E-state index in [-0.39, 0.29) is 0 Å². The van der Waals surface area contributed by atoms with Gasteiger partial charge in [0.25, 0.3) is 0 Å². The standard InChI is InChI=1S/C31H22N8/c1-19(20-7-3-2-4-8-20)36-23-13-21(16-32-18-23)22-14-25-30(38-39-31(25)35-17-22)28-15-24-26(37-28)10-12-34-29(24)27-9-5-6-11-33-27/h2-18,36-37H,1H2,(H,35,38,39). The molecule has 8 nitrogen and oxygen atoms in total. The number of rotatable bonds is 6. The predicted octanol–water partition coefficient (Wildman–Crippen LogP) is 6.71. The maximum absolute atomic E-state index is 4.64. The number of aromatic amines is 2. The van der Waals surface area contributed by atoms with Crippen LogP contribution in [0.2, 0.25) is 0 Å². The first-order valence-corrected chi connectivity index (χ1v) is 12.4. The molecule has 0 aliphatic heterocycles. The number of hydrogen-bond acceptors (Lipinski definition) is 6. The molecule has 0 radical (unpaired) electrons. The molecule has 8 heteroatoms. The lowest BCUT2D eigenvalue weighted by Gasteiger charge is -2.11. The Morgan fingerprint density at radius 1 is 0.744 bits per heavy atom. The number of fused-ring (bicyclic) bond motifs is 2. The fourth-order valence-corrected chi connectivity index (χ4v) is 4.71. The van der Waals surface area contributed by atoms with Crippen LogP contribution < -0.4 is 5.32 Å². The van der Waals surface area contributed by atoms with Gasteiger partial charge in [-0.15, -0.1) is 0 Å². The molecule has 3 N–H and O–H groups in total. The van der Waals surface area contributed by atoms with E-state index < -0.39 is 0 Å². The van der Waals surface area contributed by atoms with Crippen LogP contribution >= 0.6 is 0 Å². The van der Waals surface area contributed by atoms with Crippen LogP contribution in [0.3, 0.4) is 0 Å². The molecule has 7 rings (SSSR count). The summed E-state index contributed by atoms with van der Waals surface area (Å²) in [6.07, 6.45) is 8.99. The van der Waals surface area contributed by atoms with E-state index in [4.69, 9.17) is 0 Å². The summed E-state index contributed by atoms with van der Waals surface area (Å²) in [5.74, 6) is 0. The first-order valence-electron chi connectivity index (χ1n) is 12.4. The van der Waals surface area contributed by atoms with Gasteiger partial charge < -0.3 is 10.3 Å². The molecule has 39 heavy (non-hydrogen) atoms. The normalized spacial score (nSPS) is 11.2. The average molecular weight is 507 g/mol. The van der Waals surface area contributed by atoms with E-state index in [2.05, 4.69) is 59.1 Å². The van der Waals surface area contributed by atoms with Gasteiger partial charge in [-0.2, -0.15) is 5.10 Å². The largest absolute Gasteiger partial charge is 0.354 e. The van der Waals surface area contributed by atoms with E-state index in [1.165, 1.54) is 0 Å². The van der Waals surface area contributed by atoms with E-state index in [9.17, 15) is 0 Å². The van der Waals surface area contributed by atoms with Crippen LogP contribution in [0.5, 0.6) is 0 Å². The van der Waals surface area contributed by atoms with Crippen LogP contribution in [0.15, 0.2) is 110 Å². The summed E-state index contributed by atoms with van der Waals surface area (Å²) in [6, 6.07) is 24.0. The monoisotopic (exact) mass is 506 g/mol. The number of benzene rings is 1. The summed E-state index contributed by atoms with van der Waals surface area (Å²) in [5.41, 5.74) is 9.49. The van der Waals surface area contributed by atoms with Gasteiger partial charge in [0, 0.05) is 57.9 Å². The third-order valence-corrected chi connectivity index (χ3v) is 6.62. The molecule has 186 valence electrons. The molecule has 7 aromatic rings. The van der Waals surface area contributed by atoms with E-state index >= 15 is 0 Å². The minimum atomic E-state index is 0.704. The van der Waals surface area contributed by atoms with Crippen LogP contribution in [0.25, 0.3) is 61.5 Å². The molecule has 0 spiro atoms. The summed E-state index contributed by atoms with van der Waals surface area (Å²) in [6.45, 7) is 4.17. The highest BCUT2D eigenvalue weighted by Gasteiger charge is 2.16. The number of pyridine rings is 4.